The predicted octanol–water partition coefficient (Wildman–Crippen LogP) is 6.76. The van der Waals surface area contributed by atoms with Crippen LogP contribution in [0.1, 0.15) is 0 Å². The minimum absolute atomic E-state index is 1.05. The van der Waals surface area contributed by atoms with Crippen molar-refractivity contribution in [1.82, 2.24) is 9.24 Å². The van der Waals surface area contributed by atoms with Crippen LogP contribution in [0.4, 0.5) is 0 Å². The molecule has 0 atom stereocenters. The first-order chi connectivity index (χ1) is 15.3. The van der Waals surface area contributed by atoms with E-state index < -0.39 is 0 Å². The van der Waals surface area contributed by atoms with Crippen LogP contribution in [-0.2, 0) is 0 Å². The second-order valence-corrected chi connectivity index (χ2v) is 8.09. The van der Waals surface area contributed by atoms with Crippen molar-refractivity contribution in [1.29, 1.82) is 0 Å². The third-order valence-electron chi connectivity index (χ3n) is 6.50. The third kappa shape index (κ3) is 2.07. The van der Waals surface area contributed by atoms with E-state index in [1.54, 1.807) is 0 Å². The number of nitrogens with zero attached hydrogens (tertiary/aromatic N) is 2. The fourth-order valence-corrected chi connectivity index (χ4v) is 5.21. The van der Waals surface area contributed by atoms with Crippen LogP contribution in [0, 0.1) is 0 Å². The van der Waals surface area contributed by atoms with Crippen LogP contribution in [-0.4, -0.2) is 9.24 Å². The van der Waals surface area contributed by atoms with Gasteiger partial charge in [0.25, 0.3) is 0 Å². The number of hydrogen-bond donors (Lipinski definition) is 1. The monoisotopic (exact) mass is 397 g/mol. The quantitative estimate of drug-likeness (QED) is 0.305. The average Bonchev–Trinajstić information content (AvgIpc) is 3.32. The van der Waals surface area contributed by atoms with Crippen LogP contribution in [0.2, 0.25) is 0 Å². The van der Waals surface area contributed by atoms with Gasteiger partial charge in [-0.15, -0.1) is 0 Å². The zero-order chi connectivity index (χ0) is 20.5. The number of nitrogen functional groups attached to an aromatic ring is 1. The lowest BCUT2D eigenvalue weighted by Crippen LogP contribution is -2.07. The molecular weight excluding hydrogens is 378 g/mol. The van der Waals surface area contributed by atoms with Crippen LogP contribution in [0.15, 0.2) is 103 Å². The first kappa shape index (κ1) is 16.5. The topological polar surface area (TPSA) is 35.9 Å². The van der Waals surface area contributed by atoms with E-state index in [0.717, 1.165) is 16.7 Å². The SMILES string of the molecule is Nn1c2ccc3ccccc3c2c2ccc3c(c4ccccc4n3-c3ccccc3)c21. The highest BCUT2D eigenvalue weighted by Gasteiger charge is 2.19. The van der Waals surface area contributed by atoms with Gasteiger partial charge < -0.3 is 10.4 Å². The van der Waals surface area contributed by atoms with Gasteiger partial charge in [0.15, 0.2) is 0 Å². The Morgan fingerprint density at radius 3 is 2.06 bits per heavy atom. The molecular formula is C28H19N3. The molecule has 0 saturated carbocycles. The van der Waals surface area contributed by atoms with Gasteiger partial charge in [0.1, 0.15) is 0 Å². The van der Waals surface area contributed by atoms with E-state index in [1.807, 2.05) is 4.68 Å². The highest BCUT2D eigenvalue weighted by atomic mass is 15.3. The Balaban J connectivity index is 1.77. The molecule has 0 aliphatic heterocycles. The van der Waals surface area contributed by atoms with Gasteiger partial charge in [0.2, 0.25) is 0 Å². The fraction of sp³-hybridized carbons (Fsp3) is 0. The van der Waals surface area contributed by atoms with Crippen LogP contribution in [0.5, 0.6) is 0 Å². The Labute approximate surface area is 178 Å². The molecule has 0 bridgehead atoms. The van der Waals surface area contributed by atoms with Gasteiger partial charge in [-0.05, 0) is 47.2 Å². The molecule has 0 radical (unpaired) electrons. The van der Waals surface area contributed by atoms with Gasteiger partial charge in [-0.1, -0.05) is 66.7 Å². The molecule has 7 rings (SSSR count). The summed E-state index contributed by atoms with van der Waals surface area (Å²) in [5.41, 5.74) is 5.63. The number of benzene rings is 5. The van der Waals surface area contributed by atoms with Crippen molar-refractivity contribution in [3.63, 3.8) is 0 Å². The molecule has 3 nitrogen and oxygen atoms in total. The summed E-state index contributed by atoms with van der Waals surface area (Å²) in [6.07, 6.45) is 0. The van der Waals surface area contributed by atoms with Crippen molar-refractivity contribution in [3.8, 4) is 5.69 Å². The summed E-state index contributed by atoms with van der Waals surface area (Å²) in [7, 11) is 0. The Kier molecular flexibility index (Phi) is 3.15. The van der Waals surface area contributed by atoms with Crippen LogP contribution >= 0.6 is 0 Å². The highest BCUT2D eigenvalue weighted by Crippen LogP contribution is 2.41. The molecule has 3 heteroatoms. The number of para-hydroxylation sites is 2. The molecule has 0 amide bonds. The highest BCUT2D eigenvalue weighted by molar-refractivity contribution is 6.29. The summed E-state index contributed by atoms with van der Waals surface area (Å²) in [6.45, 7) is 0. The molecule has 2 N–H and O–H groups in total. The summed E-state index contributed by atoms with van der Waals surface area (Å²) < 4.78 is 4.21. The normalized spacial score (nSPS) is 12.0. The molecule has 0 spiro atoms. The fourth-order valence-electron chi connectivity index (χ4n) is 5.21. The number of rotatable bonds is 1. The molecule has 7 aromatic rings. The van der Waals surface area contributed by atoms with E-state index in [9.17, 15) is 0 Å². The molecule has 5 aromatic carbocycles. The van der Waals surface area contributed by atoms with Crippen molar-refractivity contribution in [3.05, 3.63) is 103 Å². The molecule has 0 unspecified atom stereocenters. The summed E-state index contributed by atoms with van der Waals surface area (Å²) >= 11 is 0. The summed E-state index contributed by atoms with van der Waals surface area (Å²) in [5, 5.41) is 7.28. The zero-order valence-electron chi connectivity index (χ0n) is 16.8. The number of hydrogen-bond acceptors (Lipinski definition) is 1. The maximum absolute atomic E-state index is 6.78. The van der Waals surface area contributed by atoms with Gasteiger partial charge in [-0.2, -0.15) is 0 Å². The molecule has 31 heavy (non-hydrogen) atoms. The smallest absolute Gasteiger partial charge is 0.0804 e. The van der Waals surface area contributed by atoms with E-state index in [-0.39, 0.29) is 0 Å². The minimum atomic E-state index is 1.05. The summed E-state index contributed by atoms with van der Waals surface area (Å²) in [6, 6.07) is 36.4. The van der Waals surface area contributed by atoms with E-state index in [1.165, 1.54) is 43.4 Å². The van der Waals surface area contributed by atoms with Gasteiger partial charge in [0.05, 0.1) is 22.1 Å². The molecule has 146 valence electrons. The second kappa shape index (κ2) is 5.89. The standard InChI is InChI=1S/C28H19N3/c29-31-25-16-14-18-8-4-5-11-20(18)26(25)22-15-17-24-27(28(22)31)21-12-6-7-13-23(21)30(24)19-9-2-1-3-10-19/h1-17H,29H2. The van der Waals surface area contributed by atoms with E-state index >= 15 is 0 Å². The van der Waals surface area contributed by atoms with Crippen molar-refractivity contribution in [2.24, 2.45) is 0 Å². The molecule has 0 aliphatic carbocycles. The second-order valence-electron chi connectivity index (χ2n) is 8.09. The Morgan fingerprint density at radius 2 is 1.19 bits per heavy atom. The molecule has 0 aliphatic rings. The van der Waals surface area contributed by atoms with Crippen LogP contribution in [0.25, 0.3) is 60.1 Å². The van der Waals surface area contributed by atoms with E-state index in [4.69, 9.17) is 5.84 Å². The lowest BCUT2D eigenvalue weighted by molar-refractivity contribution is 1.13. The van der Waals surface area contributed by atoms with Crippen molar-refractivity contribution in [2.45, 2.75) is 0 Å². The van der Waals surface area contributed by atoms with Crippen LogP contribution < -0.4 is 5.84 Å². The van der Waals surface area contributed by atoms with Crippen LogP contribution in [0.3, 0.4) is 0 Å². The summed E-state index contributed by atoms with van der Waals surface area (Å²) in [5.74, 6) is 6.78. The minimum Gasteiger partial charge on any atom is -0.339 e. The number of fused-ring (bicyclic) bond motifs is 9. The molecule has 2 aromatic heterocycles. The lowest BCUT2D eigenvalue weighted by atomic mass is 10.0. The first-order valence-corrected chi connectivity index (χ1v) is 10.5. The Bertz CT molecular complexity index is 1790. The zero-order valence-corrected chi connectivity index (χ0v) is 16.8. The van der Waals surface area contributed by atoms with Gasteiger partial charge >= 0.3 is 0 Å². The maximum atomic E-state index is 6.78. The van der Waals surface area contributed by atoms with Gasteiger partial charge in [0, 0.05) is 27.2 Å². The molecule has 0 fully saturated rings. The Morgan fingerprint density at radius 1 is 0.484 bits per heavy atom. The molecule has 0 saturated heterocycles. The van der Waals surface area contributed by atoms with E-state index in [0.29, 0.717) is 0 Å². The average molecular weight is 397 g/mol. The summed E-state index contributed by atoms with van der Waals surface area (Å²) in [4.78, 5) is 0. The predicted molar refractivity (Wildman–Crippen MR) is 131 cm³/mol. The number of nitrogens with two attached hydrogens (primary N) is 1. The molecule has 2 heterocycles. The third-order valence-corrected chi connectivity index (χ3v) is 6.50. The maximum Gasteiger partial charge on any atom is 0.0804 e. The Hall–Kier alpha value is -4.24. The largest absolute Gasteiger partial charge is 0.339 e. The first-order valence-electron chi connectivity index (χ1n) is 10.5. The van der Waals surface area contributed by atoms with Crippen molar-refractivity contribution in [2.75, 3.05) is 5.84 Å². The van der Waals surface area contributed by atoms with Crippen molar-refractivity contribution < 1.29 is 0 Å². The number of aromatic nitrogens is 2. The van der Waals surface area contributed by atoms with Gasteiger partial charge in [-0.25, -0.2) is 0 Å². The van der Waals surface area contributed by atoms with Gasteiger partial charge in [-0.3, -0.25) is 4.68 Å². The lowest BCUT2D eigenvalue weighted by Gasteiger charge is -2.07. The van der Waals surface area contributed by atoms with E-state index in [2.05, 4.69) is 108 Å². The van der Waals surface area contributed by atoms with Crippen molar-refractivity contribution >= 4 is 54.4 Å².